The Morgan fingerprint density at radius 1 is 0.407 bits per heavy atom. The van der Waals surface area contributed by atoms with Gasteiger partial charge in [0.2, 0.25) is 0 Å². The average molecular weight is 344 g/mol. The largest absolute Gasteiger partial charge is 0.0622 e. The first-order valence-corrected chi connectivity index (χ1v) is 9.39. The first-order valence-electron chi connectivity index (χ1n) is 9.39. The van der Waals surface area contributed by atoms with Crippen LogP contribution >= 0.6 is 0 Å². The van der Waals surface area contributed by atoms with Gasteiger partial charge in [-0.05, 0) is 62.4 Å². The summed E-state index contributed by atoms with van der Waals surface area (Å²) in [6.07, 6.45) is 0. The molecule has 0 heteroatoms. The van der Waals surface area contributed by atoms with Crippen molar-refractivity contribution in [2.45, 2.75) is 6.92 Å². The molecule has 0 nitrogen and oxygen atoms in total. The summed E-state index contributed by atoms with van der Waals surface area (Å²) in [6, 6.07) is 37.0. The molecule has 0 saturated carbocycles. The van der Waals surface area contributed by atoms with Gasteiger partial charge in [-0.3, -0.25) is 0 Å². The Balaban J connectivity index is 1.90. The summed E-state index contributed by atoms with van der Waals surface area (Å²) < 4.78 is 0. The van der Waals surface area contributed by atoms with Crippen LogP contribution in [0.2, 0.25) is 0 Å². The van der Waals surface area contributed by atoms with E-state index in [0.29, 0.717) is 0 Å². The standard InChI is InChI=1S/C27H20/c1-19-22-14-8-16-24(20-10-4-2-5-11-20)26(22)18-27-23(19)15-9-17-25(27)21-12-6-3-7-13-21/h2-18H,1H3. The van der Waals surface area contributed by atoms with E-state index < -0.39 is 0 Å². The fourth-order valence-corrected chi connectivity index (χ4v) is 4.12. The molecule has 5 aromatic rings. The van der Waals surface area contributed by atoms with E-state index in [4.69, 9.17) is 0 Å². The predicted octanol–water partition coefficient (Wildman–Crippen LogP) is 7.64. The minimum Gasteiger partial charge on any atom is -0.0622 e. The molecule has 0 radical (unpaired) electrons. The molecule has 0 fully saturated rings. The molecule has 0 saturated heterocycles. The average Bonchev–Trinajstić information content (AvgIpc) is 2.74. The Morgan fingerprint density at radius 2 is 0.852 bits per heavy atom. The molecule has 0 aliphatic heterocycles. The van der Waals surface area contributed by atoms with Gasteiger partial charge in [0.1, 0.15) is 0 Å². The third-order valence-corrected chi connectivity index (χ3v) is 5.48. The molecule has 0 aromatic heterocycles. The Labute approximate surface area is 159 Å². The minimum atomic E-state index is 1.26. The summed E-state index contributed by atoms with van der Waals surface area (Å²) in [5, 5.41) is 5.29. The SMILES string of the molecule is Cc1c2cccc(-c3ccccc3)c2cc2c(-c3ccccc3)cccc12. The fraction of sp³-hybridized carbons (Fsp3) is 0.0370. The van der Waals surface area contributed by atoms with Gasteiger partial charge in [0.25, 0.3) is 0 Å². The van der Waals surface area contributed by atoms with E-state index in [1.165, 1.54) is 49.4 Å². The van der Waals surface area contributed by atoms with Crippen molar-refractivity contribution in [3.63, 3.8) is 0 Å². The van der Waals surface area contributed by atoms with Crippen molar-refractivity contribution in [3.05, 3.63) is 109 Å². The van der Waals surface area contributed by atoms with Crippen molar-refractivity contribution < 1.29 is 0 Å². The molecular formula is C27H20. The molecule has 0 aliphatic rings. The topological polar surface area (TPSA) is 0 Å². The zero-order valence-electron chi connectivity index (χ0n) is 15.3. The number of aryl methyl sites for hydroxylation is 1. The van der Waals surface area contributed by atoms with Crippen LogP contribution in [0, 0.1) is 6.92 Å². The zero-order valence-corrected chi connectivity index (χ0v) is 15.3. The number of hydrogen-bond donors (Lipinski definition) is 0. The molecule has 5 rings (SSSR count). The first-order chi connectivity index (χ1) is 13.3. The monoisotopic (exact) mass is 344 g/mol. The van der Waals surface area contributed by atoms with Gasteiger partial charge in [0.05, 0.1) is 0 Å². The van der Waals surface area contributed by atoms with Crippen LogP contribution < -0.4 is 0 Å². The molecule has 0 bridgehead atoms. The van der Waals surface area contributed by atoms with E-state index in [9.17, 15) is 0 Å². The lowest BCUT2D eigenvalue weighted by Crippen LogP contribution is -1.89. The van der Waals surface area contributed by atoms with Crippen molar-refractivity contribution in [2.75, 3.05) is 0 Å². The summed E-state index contributed by atoms with van der Waals surface area (Å²) in [4.78, 5) is 0. The fourth-order valence-electron chi connectivity index (χ4n) is 4.12. The van der Waals surface area contributed by atoms with E-state index in [-0.39, 0.29) is 0 Å². The van der Waals surface area contributed by atoms with Crippen molar-refractivity contribution in [3.8, 4) is 22.3 Å². The van der Waals surface area contributed by atoms with Gasteiger partial charge in [-0.15, -0.1) is 0 Å². The highest BCUT2D eigenvalue weighted by atomic mass is 14.1. The maximum absolute atomic E-state index is 2.38. The van der Waals surface area contributed by atoms with Gasteiger partial charge < -0.3 is 0 Å². The number of benzene rings is 5. The minimum absolute atomic E-state index is 1.26. The smallest absolute Gasteiger partial charge is 0.00961 e. The van der Waals surface area contributed by atoms with Crippen LogP contribution in [0.5, 0.6) is 0 Å². The van der Waals surface area contributed by atoms with Crippen molar-refractivity contribution in [2.24, 2.45) is 0 Å². The quantitative estimate of drug-likeness (QED) is 0.289. The lowest BCUT2D eigenvalue weighted by Gasteiger charge is -2.15. The highest BCUT2D eigenvalue weighted by Crippen LogP contribution is 2.38. The maximum atomic E-state index is 2.38. The van der Waals surface area contributed by atoms with Gasteiger partial charge in [-0.2, -0.15) is 0 Å². The highest BCUT2D eigenvalue weighted by Gasteiger charge is 2.11. The number of rotatable bonds is 2. The van der Waals surface area contributed by atoms with E-state index in [0.717, 1.165) is 0 Å². The first kappa shape index (κ1) is 15.8. The van der Waals surface area contributed by atoms with Crippen LogP contribution in [0.3, 0.4) is 0 Å². The van der Waals surface area contributed by atoms with Crippen molar-refractivity contribution in [1.29, 1.82) is 0 Å². The van der Waals surface area contributed by atoms with Gasteiger partial charge in [0.15, 0.2) is 0 Å². The summed E-state index contributed by atoms with van der Waals surface area (Å²) in [5.41, 5.74) is 6.46. The van der Waals surface area contributed by atoms with Gasteiger partial charge in [-0.25, -0.2) is 0 Å². The molecule has 27 heavy (non-hydrogen) atoms. The van der Waals surface area contributed by atoms with Crippen molar-refractivity contribution >= 4 is 21.5 Å². The molecule has 128 valence electrons. The van der Waals surface area contributed by atoms with E-state index in [1.54, 1.807) is 0 Å². The van der Waals surface area contributed by atoms with Gasteiger partial charge >= 0.3 is 0 Å². The van der Waals surface area contributed by atoms with Gasteiger partial charge in [0, 0.05) is 0 Å². The van der Waals surface area contributed by atoms with Gasteiger partial charge in [-0.1, -0.05) is 97.1 Å². The van der Waals surface area contributed by atoms with Crippen LogP contribution in [-0.4, -0.2) is 0 Å². The Bertz CT molecular complexity index is 1150. The van der Waals surface area contributed by atoms with Crippen LogP contribution in [0.1, 0.15) is 5.56 Å². The number of hydrogen-bond acceptors (Lipinski definition) is 0. The molecule has 5 aromatic carbocycles. The molecular weight excluding hydrogens is 324 g/mol. The van der Waals surface area contributed by atoms with E-state index in [1.807, 2.05) is 0 Å². The molecule has 0 heterocycles. The lowest BCUT2D eigenvalue weighted by molar-refractivity contribution is 1.57. The van der Waals surface area contributed by atoms with Crippen LogP contribution in [0.4, 0.5) is 0 Å². The van der Waals surface area contributed by atoms with Crippen LogP contribution in [0.25, 0.3) is 43.8 Å². The molecule has 0 spiro atoms. The molecule has 0 aliphatic carbocycles. The molecule has 0 unspecified atom stereocenters. The third kappa shape index (κ3) is 2.62. The maximum Gasteiger partial charge on any atom is -0.00961 e. The third-order valence-electron chi connectivity index (χ3n) is 5.48. The van der Waals surface area contributed by atoms with Crippen LogP contribution in [-0.2, 0) is 0 Å². The Kier molecular flexibility index (Phi) is 3.76. The number of fused-ring (bicyclic) bond motifs is 2. The lowest BCUT2D eigenvalue weighted by atomic mass is 9.89. The molecule has 0 amide bonds. The second kappa shape index (κ2) is 6.41. The summed E-state index contributed by atoms with van der Waals surface area (Å²) in [6.45, 7) is 2.24. The summed E-state index contributed by atoms with van der Waals surface area (Å²) in [7, 11) is 0. The zero-order chi connectivity index (χ0) is 18.2. The molecule has 0 N–H and O–H groups in total. The summed E-state index contributed by atoms with van der Waals surface area (Å²) >= 11 is 0. The van der Waals surface area contributed by atoms with E-state index in [2.05, 4.69) is 110 Å². The highest BCUT2D eigenvalue weighted by molar-refractivity contribution is 6.11. The van der Waals surface area contributed by atoms with Crippen LogP contribution in [0.15, 0.2) is 103 Å². The Morgan fingerprint density at radius 3 is 1.30 bits per heavy atom. The predicted molar refractivity (Wildman–Crippen MR) is 117 cm³/mol. The molecule has 0 atom stereocenters. The Hall–Kier alpha value is -3.38. The second-order valence-electron chi connectivity index (χ2n) is 7.04. The second-order valence-corrected chi connectivity index (χ2v) is 7.04. The normalized spacial score (nSPS) is 11.1. The summed E-state index contributed by atoms with van der Waals surface area (Å²) in [5.74, 6) is 0. The van der Waals surface area contributed by atoms with E-state index >= 15 is 0 Å². The van der Waals surface area contributed by atoms with Crippen molar-refractivity contribution in [1.82, 2.24) is 0 Å².